The number of aryl methyl sites for hydroxylation is 1. The summed E-state index contributed by atoms with van der Waals surface area (Å²) in [5.74, 6) is -0.285. The number of hydrogen-bond donors (Lipinski definition) is 1. The summed E-state index contributed by atoms with van der Waals surface area (Å²) >= 11 is 1.67. The largest absolute Gasteiger partial charge is 0.478 e. The van der Waals surface area contributed by atoms with Crippen molar-refractivity contribution in [1.29, 1.82) is 0 Å². The fourth-order valence-electron chi connectivity index (χ4n) is 4.28. The van der Waals surface area contributed by atoms with Crippen molar-refractivity contribution in [2.24, 2.45) is 0 Å². The summed E-state index contributed by atoms with van der Waals surface area (Å²) in [7, 11) is 1.59. The van der Waals surface area contributed by atoms with Crippen molar-refractivity contribution in [2.75, 3.05) is 13.7 Å². The van der Waals surface area contributed by atoms with Crippen LogP contribution in [0.3, 0.4) is 0 Å². The van der Waals surface area contributed by atoms with Gasteiger partial charge in [0.05, 0.1) is 28.9 Å². The van der Waals surface area contributed by atoms with Crippen molar-refractivity contribution < 1.29 is 23.8 Å². The molecule has 0 bridgehead atoms. The number of aromatic nitrogens is 3. The van der Waals surface area contributed by atoms with Crippen LogP contribution in [-0.4, -0.2) is 39.3 Å². The van der Waals surface area contributed by atoms with Gasteiger partial charge in [-0.2, -0.15) is 0 Å². The molecule has 9 heteroatoms. The van der Waals surface area contributed by atoms with Crippen molar-refractivity contribution in [3.05, 3.63) is 99.3 Å². The zero-order valence-corrected chi connectivity index (χ0v) is 24.5. The predicted molar refractivity (Wildman–Crippen MR) is 160 cm³/mol. The summed E-state index contributed by atoms with van der Waals surface area (Å²) in [4.78, 5) is 21.9. The lowest BCUT2D eigenvalue weighted by atomic mass is 10.1. The minimum atomic E-state index is -1.01. The number of hydrogen-bond acceptors (Lipinski definition) is 6. The molecule has 0 radical (unpaired) electrons. The molecule has 0 spiro atoms. The molecule has 7 nitrogen and oxygen atoms in total. The van der Waals surface area contributed by atoms with E-state index < -0.39 is 5.97 Å². The van der Waals surface area contributed by atoms with E-state index >= 15 is 4.39 Å². The Bertz CT molecular complexity index is 1630. The Hall–Kier alpha value is -4.08. The standard InChI is InChI=1S/C29H26FN3O4S.C3H8/c1-18-12-19(17-38-18)16-37-28-5-3-4-24(32-28)21-7-6-20(23(30)13-21)15-27-31-25-9-8-22(29(34)35)14-26(25)33(27)10-11-36-2;1-3-2/h3-9,12-14,17H,10-11,15-16H2,1-2H3,(H,34,35);3H2,1-2H3. The van der Waals surface area contributed by atoms with Gasteiger partial charge in [0.15, 0.2) is 0 Å². The van der Waals surface area contributed by atoms with Gasteiger partial charge < -0.3 is 19.1 Å². The first-order valence-corrected chi connectivity index (χ1v) is 14.3. The highest BCUT2D eigenvalue weighted by atomic mass is 32.1. The second-order valence-electron chi connectivity index (χ2n) is 9.59. The average Bonchev–Trinajstić information content (AvgIpc) is 3.54. The van der Waals surface area contributed by atoms with Crippen LogP contribution < -0.4 is 4.74 Å². The van der Waals surface area contributed by atoms with Crippen LogP contribution in [0.15, 0.2) is 66.0 Å². The van der Waals surface area contributed by atoms with Crippen molar-refractivity contribution >= 4 is 28.3 Å². The van der Waals surface area contributed by atoms with Gasteiger partial charge in [0.2, 0.25) is 5.88 Å². The molecular formula is C32H34FN3O4S. The monoisotopic (exact) mass is 575 g/mol. The summed E-state index contributed by atoms with van der Waals surface area (Å²) in [6.45, 7) is 7.60. The van der Waals surface area contributed by atoms with Crippen LogP contribution in [-0.2, 0) is 24.3 Å². The van der Waals surface area contributed by atoms with Crippen LogP contribution in [0.4, 0.5) is 4.39 Å². The minimum absolute atomic E-state index is 0.169. The molecule has 0 aliphatic heterocycles. The van der Waals surface area contributed by atoms with Gasteiger partial charge in [0.1, 0.15) is 18.2 Å². The first-order chi connectivity index (χ1) is 19.8. The van der Waals surface area contributed by atoms with Crippen LogP contribution in [0.25, 0.3) is 22.3 Å². The fourth-order valence-corrected chi connectivity index (χ4v) is 4.97. The fraction of sp³-hybridized carbons (Fsp3) is 0.281. The summed E-state index contributed by atoms with van der Waals surface area (Å²) < 4.78 is 28.3. The number of fused-ring (bicyclic) bond motifs is 1. The van der Waals surface area contributed by atoms with Gasteiger partial charge >= 0.3 is 5.97 Å². The lowest BCUT2D eigenvalue weighted by molar-refractivity contribution is 0.0697. The first kappa shape index (κ1) is 29.9. The van der Waals surface area contributed by atoms with E-state index in [-0.39, 0.29) is 17.8 Å². The molecule has 0 aliphatic rings. The lowest BCUT2D eigenvalue weighted by Crippen LogP contribution is -2.10. The van der Waals surface area contributed by atoms with Crippen LogP contribution in [0.2, 0.25) is 0 Å². The van der Waals surface area contributed by atoms with Gasteiger partial charge in [-0.1, -0.05) is 38.5 Å². The van der Waals surface area contributed by atoms with Crippen molar-refractivity contribution in [1.82, 2.24) is 14.5 Å². The molecular weight excluding hydrogens is 541 g/mol. The number of carboxylic acid groups (broad SMARTS) is 1. The molecule has 3 aromatic heterocycles. The predicted octanol–water partition coefficient (Wildman–Crippen LogP) is 7.54. The summed E-state index contributed by atoms with van der Waals surface area (Å²) in [6.07, 6.45) is 1.49. The van der Waals surface area contributed by atoms with Crippen molar-refractivity contribution in [3.8, 4) is 17.1 Å². The van der Waals surface area contributed by atoms with Crippen LogP contribution >= 0.6 is 11.3 Å². The number of carbonyl (C=O) groups is 1. The molecule has 0 amide bonds. The third-order valence-corrected chi connectivity index (χ3v) is 7.10. The molecule has 1 N–H and O–H groups in total. The minimum Gasteiger partial charge on any atom is -0.478 e. The maximum atomic E-state index is 15.3. The number of methoxy groups -OCH3 is 1. The zero-order valence-electron chi connectivity index (χ0n) is 23.7. The highest BCUT2D eigenvalue weighted by Gasteiger charge is 2.16. The van der Waals surface area contributed by atoms with E-state index in [4.69, 9.17) is 9.47 Å². The van der Waals surface area contributed by atoms with Gasteiger partial charge in [-0.3, -0.25) is 0 Å². The molecule has 5 aromatic rings. The Labute approximate surface area is 243 Å². The number of carboxylic acids is 1. The van der Waals surface area contributed by atoms with Crippen molar-refractivity contribution in [2.45, 2.75) is 46.8 Å². The van der Waals surface area contributed by atoms with E-state index in [1.165, 1.54) is 23.4 Å². The Balaban J connectivity index is 0.00000124. The Kier molecular flexibility index (Phi) is 10.2. The number of thiophene rings is 1. The summed E-state index contributed by atoms with van der Waals surface area (Å²) in [5.41, 5.74) is 4.31. The molecule has 0 fully saturated rings. The molecule has 3 heterocycles. The van der Waals surface area contributed by atoms with Gasteiger partial charge in [-0.05, 0) is 54.3 Å². The van der Waals surface area contributed by atoms with Crippen LogP contribution in [0.1, 0.15) is 52.5 Å². The molecule has 214 valence electrons. The van der Waals surface area contributed by atoms with E-state index in [1.807, 2.05) is 22.8 Å². The second kappa shape index (κ2) is 14.0. The Morgan fingerprint density at radius 2 is 1.88 bits per heavy atom. The zero-order chi connectivity index (χ0) is 29.4. The summed E-state index contributed by atoms with van der Waals surface area (Å²) in [5, 5.41) is 11.5. The van der Waals surface area contributed by atoms with Crippen LogP contribution in [0.5, 0.6) is 5.88 Å². The van der Waals surface area contributed by atoms with Gasteiger partial charge in [0.25, 0.3) is 0 Å². The van der Waals surface area contributed by atoms with Gasteiger partial charge in [-0.25, -0.2) is 19.2 Å². The SMILES string of the molecule is CCC.COCCn1c(Cc2ccc(-c3cccc(OCc4csc(C)c4)n3)cc2F)nc2ccc(C(=O)O)cc21. The normalized spacial score (nSPS) is 10.9. The first-order valence-electron chi connectivity index (χ1n) is 13.5. The number of rotatable bonds is 10. The molecule has 0 atom stereocenters. The smallest absolute Gasteiger partial charge is 0.335 e. The van der Waals surface area contributed by atoms with E-state index in [9.17, 15) is 9.90 Å². The number of benzene rings is 2. The third-order valence-electron chi connectivity index (χ3n) is 6.19. The topological polar surface area (TPSA) is 86.5 Å². The average molecular weight is 576 g/mol. The third kappa shape index (κ3) is 7.56. The summed E-state index contributed by atoms with van der Waals surface area (Å²) in [6, 6.07) is 17.3. The van der Waals surface area contributed by atoms with Gasteiger partial charge in [-0.15, -0.1) is 11.3 Å². The number of aromatic carboxylic acids is 1. The van der Waals surface area contributed by atoms with E-state index in [0.29, 0.717) is 59.3 Å². The van der Waals surface area contributed by atoms with E-state index in [0.717, 1.165) is 5.56 Å². The molecule has 0 saturated heterocycles. The van der Waals surface area contributed by atoms with Crippen molar-refractivity contribution in [3.63, 3.8) is 0 Å². The number of nitrogens with zero attached hydrogens (tertiary/aromatic N) is 3. The second-order valence-corrected chi connectivity index (χ2v) is 10.7. The van der Waals surface area contributed by atoms with Crippen LogP contribution in [0, 0.1) is 12.7 Å². The highest BCUT2D eigenvalue weighted by Crippen LogP contribution is 2.26. The van der Waals surface area contributed by atoms with E-state index in [1.54, 1.807) is 42.7 Å². The maximum absolute atomic E-state index is 15.3. The van der Waals surface area contributed by atoms with Gasteiger partial charge in [0, 0.05) is 42.1 Å². The number of imidazole rings is 1. The Morgan fingerprint density at radius 3 is 2.56 bits per heavy atom. The van der Waals surface area contributed by atoms with E-state index in [2.05, 4.69) is 42.2 Å². The molecule has 41 heavy (non-hydrogen) atoms. The number of pyridine rings is 1. The molecule has 2 aromatic carbocycles. The molecule has 0 saturated carbocycles. The number of halogens is 1. The molecule has 5 rings (SSSR count). The Morgan fingerprint density at radius 1 is 1.07 bits per heavy atom. The molecule has 0 aliphatic carbocycles. The highest BCUT2D eigenvalue weighted by molar-refractivity contribution is 7.10. The number of ether oxygens (including phenoxy) is 2. The molecule has 0 unspecified atom stereocenters. The quantitative estimate of drug-likeness (QED) is 0.185. The maximum Gasteiger partial charge on any atom is 0.335 e. The lowest BCUT2D eigenvalue weighted by Gasteiger charge is -2.11.